The minimum Gasteiger partial charge on any atom is -0.493 e. The molecule has 0 bridgehead atoms. The Hall–Kier alpha value is -1.27. The van der Waals surface area contributed by atoms with Gasteiger partial charge in [0.1, 0.15) is 5.75 Å². The molecule has 1 fully saturated rings. The van der Waals surface area contributed by atoms with Gasteiger partial charge in [-0.25, -0.2) is 4.99 Å². The number of guanidine groups is 1. The molecule has 1 aliphatic rings. The van der Waals surface area contributed by atoms with E-state index in [4.69, 9.17) is 9.47 Å². The summed E-state index contributed by atoms with van der Waals surface area (Å²) in [5.41, 5.74) is 2.06. The van der Waals surface area contributed by atoms with E-state index in [1.165, 1.54) is 4.90 Å². The van der Waals surface area contributed by atoms with Crippen LogP contribution >= 0.6 is 24.0 Å². The molecule has 1 saturated heterocycles. The van der Waals surface area contributed by atoms with Gasteiger partial charge in [0.05, 0.1) is 19.7 Å². The predicted octanol–water partition coefficient (Wildman–Crippen LogP) is 3.72. The van der Waals surface area contributed by atoms with E-state index in [0.29, 0.717) is 51.8 Å². The van der Waals surface area contributed by atoms with Crippen molar-refractivity contribution in [1.82, 2.24) is 15.5 Å². The molecule has 1 heterocycles. The maximum Gasteiger partial charge on any atom is 0.401 e. The van der Waals surface area contributed by atoms with Crippen LogP contribution in [0.5, 0.6) is 5.75 Å². The summed E-state index contributed by atoms with van der Waals surface area (Å²) < 4.78 is 48.8. The Morgan fingerprint density at radius 3 is 2.74 bits per heavy atom. The van der Waals surface area contributed by atoms with Crippen LogP contribution in [-0.4, -0.2) is 69.6 Å². The molecule has 0 amide bonds. The van der Waals surface area contributed by atoms with Gasteiger partial charge >= 0.3 is 6.18 Å². The zero-order valence-corrected chi connectivity index (χ0v) is 20.8. The molecule has 0 aliphatic carbocycles. The number of halogens is 4. The molecule has 6 nitrogen and oxygen atoms in total. The van der Waals surface area contributed by atoms with E-state index < -0.39 is 12.7 Å². The molecule has 0 saturated carbocycles. The molecule has 0 radical (unpaired) electrons. The fraction of sp³-hybridized carbons (Fsp3) is 0.667. The molecule has 1 aromatic rings. The third-order valence-electron chi connectivity index (χ3n) is 4.74. The maximum absolute atomic E-state index is 12.6. The number of ether oxygens (including phenoxy) is 2. The Balaban J connectivity index is 0.00000480. The van der Waals surface area contributed by atoms with Crippen molar-refractivity contribution in [3.05, 3.63) is 29.3 Å². The number of nitrogens with zero attached hydrogens (tertiary/aromatic N) is 2. The van der Waals surface area contributed by atoms with Crippen molar-refractivity contribution in [3.8, 4) is 5.75 Å². The maximum atomic E-state index is 12.6. The number of alkyl halides is 3. The third kappa shape index (κ3) is 10.7. The summed E-state index contributed by atoms with van der Waals surface area (Å²) in [6.45, 7) is 6.14. The van der Waals surface area contributed by atoms with Gasteiger partial charge in [-0.05, 0) is 31.9 Å². The first-order valence-electron chi connectivity index (χ1n) is 10.4. The summed E-state index contributed by atoms with van der Waals surface area (Å²) in [5.74, 6) is 1.39. The lowest BCUT2D eigenvalue weighted by Gasteiger charge is -2.20. The monoisotopic (exact) mass is 558 g/mol. The number of hydrogen-bond acceptors (Lipinski definition) is 4. The van der Waals surface area contributed by atoms with Gasteiger partial charge in [-0.2, -0.15) is 13.2 Å². The Morgan fingerprint density at radius 1 is 1.29 bits per heavy atom. The van der Waals surface area contributed by atoms with E-state index in [9.17, 15) is 13.2 Å². The van der Waals surface area contributed by atoms with Gasteiger partial charge in [-0.15, -0.1) is 24.0 Å². The fourth-order valence-corrected chi connectivity index (χ4v) is 3.34. The highest BCUT2D eigenvalue weighted by Crippen LogP contribution is 2.22. The Morgan fingerprint density at radius 2 is 2.06 bits per heavy atom. The summed E-state index contributed by atoms with van der Waals surface area (Å²) in [6.07, 6.45) is -2.72. The molecule has 1 atom stereocenters. The highest BCUT2D eigenvalue weighted by atomic mass is 127. The molecule has 2 rings (SSSR count). The summed E-state index contributed by atoms with van der Waals surface area (Å²) in [6, 6.07) is 5.94. The Labute approximate surface area is 200 Å². The minimum atomic E-state index is -4.17. The van der Waals surface area contributed by atoms with E-state index in [0.717, 1.165) is 23.3 Å². The first-order chi connectivity index (χ1) is 14.3. The molecule has 1 aromatic carbocycles. The van der Waals surface area contributed by atoms with Gasteiger partial charge in [-0.3, -0.25) is 4.90 Å². The van der Waals surface area contributed by atoms with Gasteiger partial charge in [0, 0.05) is 51.4 Å². The highest BCUT2D eigenvalue weighted by Gasteiger charge is 2.34. The molecule has 2 N–H and O–H groups in total. The van der Waals surface area contributed by atoms with Crippen molar-refractivity contribution >= 4 is 29.9 Å². The third-order valence-corrected chi connectivity index (χ3v) is 4.74. The average Bonchev–Trinajstić information content (AvgIpc) is 3.09. The molecule has 31 heavy (non-hydrogen) atoms. The number of nitrogens with one attached hydrogen (secondary N) is 2. The first kappa shape index (κ1) is 27.8. The first-order valence-corrected chi connectivity index (χ1v) is 10.4. The SMILES string of the molecule is CCNC(=NCc1ccc(C)cc1OCCCOC)NC1CCN(CC(F)(F)F)C1.I. The lowest BCUT2D eigenvalue weighted by atomic mass is 10.1. The van der Waals surface area contributed by atoms with Crippen LogP contribution in [0.1, 0.15) is 30.9 Å². The van der Waals surface area contributed by atoms with Gasteiger partial charge < -0.3 is 20.1 Å². The molecule has 1 aliphatic heterocycles. The van der Waals surface area contributed by atoms with Crippen molar-refractivity contribution < 1.29 is 22.6 Å². The number of aryl methyl sites for hydroxylation is 1. The smallest absolute Gasteiger partial charge is 0.401 e. The predicted molar refractivity (Wildman–Crippen MR) is 127 cm³/mol. The van der Waals surface area contributed by atoms with Crippen LogP contribution in [0.15, 0.2) is 23.2 Å². The number of likely N-dealkylation sites (tertiary alicyclic amines) is 1. The lowest BCUT2D eigenvalue weighted by molar-refractivity contribution is -0.143. The summed E-state index contributed by atoms with van der Waals surface area (Å²) in [7, 11) is 1.66. The zero-order valence-electron chi connectivity index (χ0n) is 18.4. The van der Waals surface area contributed by atoms with Crippen LogP contribution < -0.4 is 15.4 Å². The number of benzene rings is 1. The second kappa shape index (κ2) is 14.0. The second-order valence-electron chi connectivity index (χ2n) is 7.48. The zero-order chi connectivity index (χ0) is 22.0. The van der Waals surface area contributed by atoms with Crippen LogP contribution in [-0.2, 0) is 11.3 Å². The number of rotatable bonds is 10. The second-order valence-corrected chi connectivity index (χ2v) is 7.48. The van der Waals surface area contributed by atoms with Gasteiger partial charge in [0.2, 0.25) is 0 Å². The van der Waals surface area contributed by atoms with Crippen LogP contribution in [0.3, 0.4) is 0 Å². The largest absolute Gasteiger partial charge is 0.493 e. The molecule has 1 unspecified atom stereocenters. The normalized spacial score (nSPS) is 17.4. The lowest BCUT2D eigenvalue weighted by Crippen LogP contribution is -2.45. The van der Waals surface area contributed by atoms with E-state index in [1.54, 1.807) is 7.11 Å². The van der Waals surface area contributed by atoms with Crippen molar-refractivity contribution in [1.29, 1.82) is 0 Å². The molecule has 178 valence electrons. The summed E-state index contributed by atoms with van der Waals surface area (Å²) in [4.78, 5) is 6.05. The molecule has 10 heteroatoms. The quantitative estimate of drug-likeness (QED) is 0.199. The van der Waals surface area contributed by atoms with Crippen molar-refractivity contribution in [2.75, 3.05) is 46.5 Å². The Bertz CT molecular complexity index is 689. The van der Waals surface area contributed by atoms with Gasteiger partial charge in [0.25, 0.3) is 0 Å². The molecular formula is C21H34F3IN4O2. The van der Waals surface area contributed by atoms with Crippen LogP contribution in [0.4, 0.5) is 13.2 Å². The van der Waals surface area contributed by atoms with Crippen LogP contribution in [0, 0.1) is 6.92 Å². The van der Waals surface area contributed by atoms with Gasteiger partial charge in [0.15, 0.2) is 5.96 Å². The number of hydrogen-bond donors (Lipinski definition) is 2. The fourth-order valence-electron chi connectivity index (χ4n) is 3.34. The molecular weight excluding hydrogens is 524 g/mol. The average molecular weight is 558 g/mol. The van der Waals surface area contributed by atoms with E-state index in [2.05, 4.69) is 15.6 Å². The molecule has 0 spiro atoms. The minimum absolute atomic E-state index is 0. The topological polar surface area (TPSA) is 58.1 Å². The number of methoxy groups -OCH3 is 1. The Kier molecular flexibility index (Phi) is 12.5. The van der Waals surface area contributed by atoms with Crippen molar-refractivity contribution in [2.45, 2.75) is 45.5 Å². The molecule has 0 aromatic heterocycles. The summed E-state index contributed by atoms with van der Waals surface area (Å²) >= 11 is 0. The van der Waals surface area contributed by atoms with E-state index in [-0.39, 0.29) is 30.0 Å². The summed E-state index contributed by atoms with van der Waals surface area (Å²) in [5, 5.41) is 6.44. The highest BCUT2D eigenvalue weighted by molar-refractivity contribution is 14.0. The van der Waals surface area contributed by atoms with Crippen LogP contribution in [0.25, 0.3) is 0 Å². The van der Waals surface area contributed by atoms with Crippen molar-refractivity contribution in [2.24, 2.45) is 4.99 Å². The van der Waals surface area contributed by atoms with Gasteiger partial charge in [-0.1, -0.05) is 12.1 Å². The van der Waals surface area contributed by atoms with Crippen LogP contribution in [0.2, 0.25) is 0 Å². The number of aliphatic imine (C=N–C) groups is 1. The standard InChI is InChI=1S/C21H33F3N4O2.HI/c1-4-25-20(27-18-8-9-28(14-18)15-21(22,23)24)26-13-17-7-6-16(2)12-19(17)30-11-5-10-29-3;/h6-7,12,18H,4-5,8-11,13-15H2,1-3H3,(H2,25,26,27);1H. The van der Waals surface area contributed by atoms with E-state index >= 15 is 0 Å². The van der Waals surface area contributed by atoms with E-state index in [1.807, 2.05) is 32.0 Å². The van der Waals surface area contributed by atoms with Crippen molar-refractivity contribution in [3.63, 3.8) is 0 Å².